The Morgan fingerprint density at radius 3 is 2.61 bits per heavy atom. The number of anilines is 1. The Morgan fingerprint density at radius 2 is 1.83 bits per heavy atom. The van der Waals surface area contributed by atoms with Gasteiger partial charge in [0.05, 0.1) is 0 Å². The Labute approximate surface area is 141 Å². The molecular formula is C17H24N4OS. The number of fused-ring (bicyclic) bond motifs is 1. The van der Waals surface area contributed by atoms with E-state index < -0.39 is 0 Å². The van der Waals surface area contributed by atoms with Gasteiger partial charge in [0.1, 0.15) is 0 Å². The Bertz CT molecular complexity index is 582. The second-order valence-corrected chi connectivity index (χ2v) is 7.64. The number of carbonyl (C=O) groups excluding carboxylic acids is 1. The molecule has 2 fully saturated rings. The second kappa shape index (κ2) is 6.71. The van der Waals surface area contributed by atoms with Crippen molar-refractivity contribution in [1.82, 2.24) is 15.5 Å². The molecule has 0 saturated carbocycles. The van der Waals surface area contributed by atoms with Crippen LogP contribution < -0.4 is 16.0 Å². The molecule has 3 heterocycles. The minimum Gasteiger partial charge on any atom is -0.364 e. The minimum atomic E-state index is -0.161. The van der Waals surface area contributed by atoms with E-state index in [1.165, 1.54) is 23.3 Å². The second-order valence-electron chi connectivity index (χ2n) is 6.50. The number of thioether (sulfide) groups is 1. The van der Waals surface area contributed by atoms with Crippen molar-refractivity contribution in [1.29, 1.82) is 0 Å². The summed E-state index contributed by atoms with van der Waals surface area (Å²) in [6.45, 7) is 5.64. The smallest absolute Gasteiger partial charge is 0.256 e. The van der Waals surface area contributed by atoms with Gasteiger partial charge >= 0.3 is 0 Å². The highest BCUT2D eigenvalue weighted by molar-refractivity contribution is 8.01. The summed E-state index contributed by atoms with van der Waals surface area (Å²) in [4.78, 5) is 15.9. The number of piperidine rings is 1. The molecule has 0 aromatic heterocycles. The number of nitrogens with zero attached hydrogens (tertiary/aromatic N) is 1. The Hall–Kier alpha value is -1.24. The van der Waals surface area contributed by atoms with Gasteiger partial charge in [0, 0.05) is 36.8 Å². The van der Waals surface area contributed by atoms with Crippen molar-refractivity contribution in [2.45, 2.75) is 29.0 Å². The molecule has 3 aliphatic heterocycles. The monoisotopic (exact) mass is 332 g/mol. The molecule has 0 bridgehead atoms. The fourth-order valence-corrected chi connectivity index (χ4v) is 4.77. The maximum absolute atomic E-state index is 12.7. The third-order valence-corrected chi connectivity index (χ3v) is 6.15. The summed E-state index contributed by atoms with van der Waals surface area (Å²) in [6.07, 6.45) is 2.42. The Kier molecular flexibility index (Phi) is 4.46. The van der Waals surface area contributed by atoms with Gasteiger partial charge < -0.3 is 20.9 Å². The number of hydrogen-bond donors (Lipinski definition) is 3. The van der Waals surface area contributed by atoms with Crippen LogP contribution in [0.3, 0.4) is 0 Å². The Balaban J connectivity index is 1.45. The molecule has 0 spiro atoms. The highest BCUT2D eigenvalue weighted by atomic mass is 32.2. The number of nitrogens with one attached hydrogen (secondary N) is 3. The lowest BCUT2D eigenvalue weighted by Gasteiger charge is -2.29. The van der Waals surface area contributed by atoms with Gasteiger partial charge in [-0.1, -0.05) is 17.8 Å². The maximum Gasteiger partial charge on any atom is 0.256 e. The number of carbonyl (C=O) groups is 1. The predicted molar refractivity (Wildman–Crippen MR) is 94.0 cm³/mol. The summed E-state index contributed by atoms with van der Waals surface area (Å²) >= 11 is 1.68. The first-order chi connectivity index (χ1) is 11.3. The van der Waals surface area contributed by atoms with E-state index in [1.807, 2.05) is 4.90 Å². The van der Waals surface area contributed by atoms with Crippen LogP contribution >= 0.6 is 11.8 Å². The SMILES string of the molecule is O=C(C1Nc2ccc(C3CCNCC3)cc2S1)N1CCNCC1. The molecule has 1 unspecified atom stereocenters. The molecule has 0 aliphatic carbocycles. The van der Waals surface area contributed by atoms with Gasteiger partial charge in [-0.05, 0) is 49.5 Å². The molecule has 2 saturated heterocycles. The van der Waals surface area contributed by atoms with Crippen molar-refractivity contribution in [3.63, 3.8) is 0 Å². The van der Waals surface area contributed by atoms with Crippen LogP contribution in [0.2, 0.25) is 0 Å². The van der Waals surface area contributed by atoms with Crippen molar-refractivity contribution in [3.05, 3.63) is 23.8 Å². The van der Waals surface area contributed by atoms with Crippen LogP contribution in [0.5, 0.6) is 0 Å². The summed E-state index contributed by atoms with van der Waals surface area (Å²) in [5, 5.41) is 9.96. The molecular weight excluding hydrogens is 308 g/mol. The van der Waals surface area contributed by atoms with E-state index in [0.717, 1.165) is 45.0 Å². The highest BCUT2D eigenvalue weighted by Gasteiger charge is 2.32. The lowest BCUT2D eigenvalue weighted by Crippen LogP contribution is -2.50. The van der Waals surface area contributed by atoms with Crippen LogP contribution in [0, 0.1) is 0 Å². The van der Waals surface area contributed by atoms with E-state index in [2.05, 4.69) is 34.1 Å². The topological polar surface area (TPSA) is 56.4 Å². The first-order valence-electron chi connectivity index (χ1n) is 8.58. The van der Waals surface area contributed by atoms with Gasteiger partial charge in [-0.25, -0.2) is 0 Å². The van der Waals surface area contributed by atoms with Gasteiger partial charge in [-0.3, -0.25) is 4.79 Å². The van der Waals surface area contributed by atoms with Crippen molar-refractivity contribution in [2.24, 2.45) is 0 Å². The number of hydrogen-bond acceptors (Lipinski definition) is 5. The van der Waals surface area contributed by atoms with Crippen LogP contribution in [-0.4, -0.2) is 55.4 Å². The van der Waals surface area contributed by atoms with Crippen molar-refractivity contribution < 1.29 is 4.79 Å². The minimum absolute atomic E-state index is 0.161. The molecule has 0 radical (unpaired) electrons. The average Bonchev–Trinajstić information content (AvgIpc) is 3.06. The lowest BCUT2D eigenvalue weighted by atomic mass is 9.90. The zero-order valence-electron chi connectivity index (χ0n) is 13.3. The number of rotatable bonds is 2. The van der Waals surface area contributed by atoms with Crippen molar-refractivity contribution in [2.75, 3.05) is 44.6 Å². The molecule has 1 aromatic carbocycles. The molecule has 1 aromatic rings. The van der Waals surface area contributed by atoms with Crippen molar-refractivity contribution in [3.8, 4) is 0 Å². The number of benzene rings is 1. The normalized spacial score (nSPS) is 25.0. The fourth-order valence-electron chi connectivity index (χ4n) is 3.63. The first kappa shape index (κ1) is 15.3. The summed E-state index contributed by atoms with van der Waals surface area (Å²) < 4.78 is 0. The summed E-state index contributed by atoms with van der Waals surface area (Å²) in [5.74, 6) is 0.876. The van der Waals surface area contributed by atoms with E-state index in [1.54, 1.807) is 11.8 Å². The van der Waals surface area contributed by atoms with E-state index in [4.69, 9.17) is 0 Å². The summed E-state index contributed by atoms with van der Waals surface area (Å²) in [6, 6.07) is 6.69. The van der Waals surface area contributed by atoms with E-state index in [9.17, 15) is 4.79 Å². The van der Waals surface area contributed by atoms with Gasteiger partial charge in [-0.15, -0.1) is 0 Å². The van der Waals surface area contributed by atoms with Crippen LogP contribution in [0.4, 0.5) is 5.69 Å². The molecule has 3 aliphatic rings. The van der Waals surface area contributed by atoms with Gasteiger partial charge in [0.2, 0.25) is 0 Å². The molecule has 1 atom stereocenters. The molecule has 5 nitrogen and oxygen atoms in total. The van der Waals surface area contributed by atoms with E-state index in [-0.39, 0.29) is 11.3 Å². The standard InChI is InChI=1S/C17H24N4OS/c22-17(21-9-7-19-8-10-21)16-20-14-2-1-13(11-15(14)23-16)12-3-5-18-6-4-12/h1-2,11-12,16,18-20H,3-10H2. The molecule has 1 amide bonds. The zero-order chi connectivity index (χ0) is 15.6. The fraction of sp³-hybridized carbons (Fsp3) is 0.588. The van der Waals surface area contributed by atoms with Crippen molar-refractivity contribution >= 4 is 23.4 Å². The maximum atomic E-state index is 12.7. The third kappa shape index (κ3) is 3.20. The van der Waals surface area contributed by atoms with E-state index >= 15 is 0 Å². The highest BCUT2D eigenvalue weighted by Crippen LogP contribution is 2.41. The Morgan fingerprint density at radius 1 is 1.09 bits per heavy atom. The van der Waals surface area contributed by atoms with Crippen LogP contribution in [-0.2, 0) is 4.79 Å². The van der Waals surface area contributed by atoms with Gasteiger partial charge in [0.15, 0.2) is 5.37 Å². The summed E-state index contributed by atoms with van der Waals surface area (Å²) in [5.41, 5.74) is 2.54. The van der Waals surface area contributed by atoms with Crippen LogP contribution in [0.15, 0.2) is 23.1 Å². The third-order valence-electron chi connectivity index (χ3n) is 5.00. The van der Waals surface area contributed by atoms with Crippen LogP contribution in [0.25, 0.3) is 0 Å². The molecule has 23 heavy (non-hydrogen) atoms. The van der Waals surface area contributed by atoms with Gasteiger partial charge in [0.25, 0.3) is 5.91 Å². The largest absolute Gasteiger partial charge is 0.364 e. The summed E-state index contributed by atoms with van der Waals surface area (Å²) in [7, 11) is 0. The number of amides is 1. The average molecular weight is 332 g/mol. The molecule has 3 N–H and O–H groups in total. The van der Waals surface area contributed by atoms with Crippen LogP contribution in [0.1, 0.15) is 24.3 Å². The van der Waals surface area contributed by atoms with Gasteiger partial charge in [-0.2, -0.15) is 0 Å². The molecule has 6 heteroatoms. The predicted octanol–water partition coefficient (Wildman–Crippen LogP) is 1.43. The molecule has 4 rings (SSSR count). The lowest BCUT2D eigenvalue weighted by molar-refractivity contribution is -0.130. The quantitative estimate of drug-likeness (QED) is 0.765. The molecule has 124 valence electrons. The number of piperazine rings is 1. The zero-order valence-corrected chi connectivity index (χ0v) is 14.1. The van der Waals surface area contributed by atoms with E-state index in [0.29, 0.717) is 5.92 Å². The first-order valence-corrected chi connectivity index (χ1v) is 9.46.